The molecule has 1 aromatic carbocycles. The molecule has 2 heteroatoms. The highest BCUT2D eigenvalue weighted by atomic mass is 15.1. The van der Waals surface area contributed by atoms with Crippen LogP contribution in [0.4, 0.5) is 0 Å². The first kappa shape index (κ1) is 14.5. The van der Waals surface area contributed by atoms with Crippen LogP contribution in [-0.4, -0.2) is 37.1 Å². The van der Waals surface area contributed by atoms with Gasteiger partial charge >= 0.3 is 0 Å². The second kappa shape index (κ2) is 7.66. The summed E-state index contributed by atoms with van der Waals surface area (Å²) in [5.74, 6) is 0.659. The third-order valence-electron chi connectivity index (χ3n) is 4.34. The minimum absolute atomic E-state index is 0.659. The molecular formula is C17H28N2. The SMILES string of the molecule is CCN(CCC(C)c1ccccc1)CC1CCCN1. The first-order chi connectivity index (χ1) is 9.29. The highest BCUT2D eigenvalue weighted by Gasteiger charge is 2.17. The van der Waals surface area contributed by atoms with E-state index >= 15 is 0 Å². The predicted molar refractivity (Wildman–Crippen MR) is 82.6 cm³/mol. The van der Waals surface area contributed by atoms with Crippen LogP contribution >= 0.6 is 0 Å². The van der Waals surface area contributed by atoms with E-state index in [4.69, 9.17) is 0 Å². The summed E-state index contributed by atoms with van der Waals surface area (Å²) in [5.41, 5.74) is 1.47. The van der Waals surface area contributed by atoms with Gasteiger partial charge < -0.3 is 10.2 Å². The van der Waals surface area contributed by atoms with Gasteiger partial charge in [-0.05, 0) is 50.4 Å². The molecule has 19 heavy (non-hydrogen) atoms. The normalized spacial score (nSPS) is 20.9. The van der Waals surface area contributed by atoms with E-state index in [0.29, 0.717) is 5.92 Å². The van der Waals surface area contributed by atoms with Gasteiger partial charge in [0.15, 0.2) is 0 Å². The highest BCUT2D eigenvalue weighted by Crippen LogP contribution is 2.19. The van der Waals surface area contributed by atoms with Crippen LogP contribution in [-0.2, 0) is 0 Å². The summed E-state index contributed by atoms with van der Waals surface area (Å²) in [6.07, 6.45) is 3.96. The first-order valence-corrected chi connectivity index (χ1v) is 7.80. The zero-order valence-electron chi connectivity index (χ0n) is 12.4. The quantitative estimate of drug-likeness (QED) is 0.809. The summed E-state index contributed by atoms with van der Waals surface area (Å²) < 4.78 is 0. The van der Waals surface area contributed by atoms with E-state index in [-0.39, 0.29) is 0 Å². The number of rotatable bonds is 7. The molecule has 1 N–H and O–H groups in total. The zero-order valence-corrected chi connectivity index (χ0v) is 12.4. The van der Waals surface area contributed by atoms with Crippen molar-refractivity contribution in [2.75, 3.05) is 26.2 Å². The van der Waals surface area contributed by atoms with E-state index in [9.17, 15) is 0 Å². The second-order valence-corrected chi connectivity index (χ2v) is 5.79. The molecular weight excluding hydrogens is 232 g/mol. The van der Waals surface area contributed by atoms with Crippen LogP contribution in [0.2, 0.25) is 0 Å². The monoisotopic (exact) mass is 260 g/mol. The minimum Gasteiger partial charge on any atom is -0.313 e. The van der Waals surface area contributed by atoms with Gasteiger partial charge in [0.25, 0.3) is 0 Å². The maximum Gasteiger partial charge on any atom is 0.0195 e. The minimum atomic E-state index is 0.659. The van der Waals surface area contributed by atoms with Gasteiger partial charge in [0.05, 0.1) is 0 Å². The standard InChI is InChI=1S/C17H28N2/c1-3-19(14-17-10-7-12-18-17)13-11-15(2)16-8-5-4-6-9-16/h4-6,8-9,15,17-18H,3,7,10-14H2,1-2H3. The molecule has 0 saturated carbocycles. The van der Waals surface area contributed by atoms with E-state index in [1.807, 2.05) is 0 Å². The van der Waals surface area contributed by atoms with Gasteiger partial charge in [-0.25, -0.2) is 0 Å². The predicted octanol–water partition coefficient (Wildman–Crippen LogP) is 3.25. The van der Waals surface area contributed by atoms with Gasteiger partial charge in [0.1, 0.15) is 0 Å². The zero-order chi connectivity index (χ0) is 13.5. The van der Waals surface area contributed by atoms with Gasteiger partial charge in [0, 0.05) is 12.6 Å². The molecule has 0 aliphatic carbocycles. The van der Waals surface area contributed by atoms with Gasteiger partial charge in [0.2, 0.25) is 0 Å². The lowest BCUT2D eigenvalue weighted by molar-refractivity contribution is 0.253. The van der Waals surface area contributed by atoms with Crippen LogP contribution in [0.3, 0.4) is 0 Å². The molecule has 0 amide bonds. The molecule has 1 aliphatic heterocycles. The van der Waals surface area contributed by atoms with Crippen LogP contribution in [0.1, 0.15) is 44.6 Å². The Bertz CT molecular complexity index is 344. The van der Waals surface area contributed by atoms with Gasteiger partial charge in [-0.2, -0.15) is 0 Å². The Hall–Kier alpha value is -0.860. The summed E-state index contributed by atoms with van der Waals surface area (Å²) in [6, 6.07) is 11.6. The fraction of sp³-hybridized carbons (Fsp3) is 0.647. The van der Waals surface area contributed by atoms with Crippen molar-refractivity contribution in [3.63, 3.8) is 0 Å². The largest absolute Gasteiger partial charge is 0.313 e. The highest BCUT2D eigenvalue weighted by molar-refractivity contribution is 5.18. The van der Waals surface area contributed by atoms with E-state index in [1.54, 1.807) is 0 Å². The van der Waals surface area contributed by atoms with E-state index in [2.05, 4.69) is 54.4 Å². The lowest BCUT2D eigenvalue weighted by atomic mass is 9.97. The summed E-state index contributed by atoms with van der Waals surface area (Å²) >= 11 is 0. The van der Waals surface area contributed by atoms with Crippen molar-refractivity contribution in [3.8, 4) is 0 Å². The van der Waals surface area contributed by atoms with Crippen LogP contribution < -0.4 is 5.32 Å². The number of benzene rings is 1. The summed E-state index contributed by atoms with van der Waals surface area (Å²) in [6.45, 7) is 9.43. The van der Waals surface area contributed by atoms with E-state index in [1.165, 1.54) is 51.0 Å². The van der Waals surface area contributed by atoms with Crippen molar-refractivity contribution in [2.24, 2.45) is 0 Å². The van der Waals surface area contributed by atoms with E-state index in [0.717, 1.165) is 6.04 Å². The fourth-order valence-electron chi connectivity index (χ4n) is 2.93. The molecule has 1 heterocycles. The molecule has 2 atom stereocenters. The molecule has 1 fully saturated rings. The van der Waals surface area contributed by atoms with Gasteiger partial charge in [-0.1, -0.05) is 44.2 Å². The third-order valence-corrected chi connectivity index (χ3v) is 4.34. The lowest BCUT2D eigenvalue weighted by Crippen LogP contribution is -2.38. The summed E-state index contributed by atoms with van der Waals surface area (Å²) in [5, 5.41) is 3.60. The molecule has 0 spiro atoms. The number of likely N-dealkylation sites (N-methyl/N-ethyl adjacent to an activating group) is 1. The van der Waals surface area contributed by atoms with Crippen molar-refractivity contribution in [3.05, 3.63) is 35.9 Å². The Labute approximate surface area is 118 Å². The fourth-order valence-corrected chi connectivity index (χ4v) is 2.93. The third kappa shape index (κ3) is 4.63. The molecule has 106 valence electrons. The number of hydrogen-bond acceptors (Lipinski definition) is 2. The van der Waals surface area contributed by atoms with E-state index < -0.39 is 0 Å². The number of nitrogens with zero attached hydrogens (tertiary/aromatic N) is 1. The molecule has 0 bridgehead atoms. The summed E-state index contributed by atoms with van der Waals surface area (Å²) in [7, 11) is 0. The molecule has 0 aromatic heterocycles. The average molecular weight is 260 g/mol. The molecule has 2 unspecified atom stereocenters. The van der Waals surface area contributed by atoms with Crippen LogP contribution in [0, 0.1) is 0 Å². The first-order valence-electron chi connectivity index (χ1n) is 7.80. The molecule has 0 radical (unpaired) electrons. The van der Waals surface area contributed by atoms with Crippen LogP contribution in [0.5, 0.6) is 0 Å². The Morgan fingerprint density at radius 1 is 1.32 bits per heavy atom. The Kier molecular flexibility index (Phi) is 5.87. The van der Waals surface area contributed by atoms with Crippen molar-refractivity contribution in [1.29, 1.82) is 0 Å². The Balaban J connectivity index is 1.75. The second-order valence-electron chi connectivity index (χ2n) is 5.79. The van der Waals surface area contributed by atoms with Gasteiger partial charge in [-0.15, -0.1) is 0 Å². The maximum absolute atomic E-state index is 3.60. The van der Waals surface area contributed by atoms with Gasteiger partial charge in [-0.3, -0.25) is 0 Å². The lowest BCUT2D eigenvalue weighted by Gasteiger charge is -2.25. The molecule has 2 nitrogen and oxygen atoms in total. The molecule has 1 aromatic rings. The topological polar surface area (TPSA) is 15.3 Å². The van der Waals surface area contributed by atoms with Crippen molar-refractivity contribution in [2.45, 2.75) is 45.1 Å². The molecule has 1 saturated heterocycles. The number of hydrogen-bond donors (Lipinski definition) is 1. The smallest absolute Gasteiger partial charge is 0.0195 e. The molecule has 1 aliphatic rings. The van der Waals surface area contributed by atoms with Crippen molar-refractivity contribution < 1.29 is 0 Å². The van der Waals surface area contributed by atoms with Crippen LogP contribution in [0.15, 0.2) is 30.3 Å². The number of nitrogens with one attached hydrogen (secondary N) is 1. The summed E-state index contributed by atoms with van der Waals surface area (Å²) in [4.78, 5) is 2.60. The maximum atomic E-state index is 3.60. The van der Waals surface area contributed by atoms with Crippen LogP contribution in [0.25, 0.3) is 0 Å². The van der Waals surface area contributed by atoms with Crippen molar-refractivity contribution >= 4 is 0 Å². The molecule has 2 rings (SSSR count). The average Bonchev–Trinajstić information content (AvgIpc) is 2.97. The Morgan fingerprint density at radius 3 is 2.74 bits per heavy atom. The Morgan fingerprint density at radius 2 is 2.11 bits per heavy atom. The van der Waals surface area contributed by atoms with Crippen molar-refractivity contribution in [1.82, 2.24) is 10.2 Å².